The lowest BCUT2D eigenvalue weighted by molar-refractivity contribution is 0.394. The van der Waals surface area contributed by atoms with Gasteiger partial charge in [0.25, 0.3) is 0 Å². The fourth-order valence-corrected chi connectivity index (χ4v) is 4.08. The molecule has 2 N–H and O–H groups in total. The van der Waals surface area contributed by atoms with Gasteiger partial charge in [0.1, 0.15) is 16.4 Å². The van der Waals surface area contributed by atoms with E-state index in [1.54, 1.807) is 36.0 Å². The van der Waals surface area contributed by atoms with Gasteiger partial charge < -0.3 is 15.4 Å². The molecule has 7 nitrogen and oxygen atoms in total. The van der Waals surface area contributed by atoms with Gasteiger partial charge in [0.05, 0.1) is 7.11 Å². The third-order valence-corrected chi connectivity index (χ3v) is 5.51. The van der Waals surface area contributed by atoms with Crippen LogP contribution in [0.15, 0.2) is 28.0 Å². The molecule has 3 aromatic rings. The maximum atomic E-state index is 5.22. The Morgan fingerprint density at radius 1 is 1.19 bits per heavy atom. The molecule has 26 heavy (non-hydrogen) atoms. The van der Waals surface area contributed by atoms with Gasteiger partial charge in [-0.05, 0) is 19.4 Å². The second kappa shape index (κ2) is 7.38. The van der Waals surface area contributed by atoms with E-state index in [0.29, 0.717) is 5.88 Å². The van der Waals surface area contributed by atoms with E-state index in [0.717, 1.165) is 58.1 Å². The number of thiazole rings is 2. The highest BCUT2D eigenvalue weighted by molar-refractivity contribution is 7.14. The van der Waals surface area contributed by atoms with Crippen molar-refractivity contribution in [2.24, 2.45) is 4.99 Å². The Labute approximate surface area is 159 Å². The van der Waals surface area contributed by atoms with Gasteiger partial charge in [-0.3, -0.25) is 4.99 Å². The molecule has 0 amide bonds. The molecule has 9 heteroatoms. The zero-order valence-corrected chi connectivity index (χ0v) is 16.1. The van der Waals surface area contributed by atoms with Crippen molar-refractivity contribution in [3.8, 4) is 27.8 Å². The van der Waals surface area contributed by atoms with Crippen LogP contribution in [-0.2, 0) is 0 Å². The van der Waals surface area contributed by atoms with Crippen molar-refractivity contribution in [2.45, 2.75) is 13.3 Å². The first-order chi connectivity index (χ1) is 12.7. The van der Waals surface area contributed by atoms with Crippen LogP contribution in [0, 0.1) is 6.92 Å². The summed E-state index contributed by atoms with van der Waals surface area (Å²) in [4.78, 5) is 18.1. The van der Waals surface area contributed by atoms with Crippen LogP contribution >= 0.6 is 22.7 Å². The van der Waals surface area contributed by atoms with Crippen LogP contribution in [0.1, 0.15) is 12.0 Å². The SMILES string of the molecule is COc1ncc(-c2nc(-c3csc(NC4=NCCCN4)n3)cs2)cc1C. The summed E-state index contributed by atoms with van der Waals surface area (Å²) < 4.78 is 5.22. The summed E-state index contributed by atoms with van der Waals surface area (Å²) >= 11 is 3.12. The van der Waals surface area contributed by atoms with Crippen LogP contribution < -0.4 is 15.4 Å². The highest BCUT2D eigenvalue weighted by Crippen LogP contribution is 2.31. The predicted octanol–water partition coefficient (Wildman–Crippen LogP) is 3.41. The molecule has 0 saturated carbocycles. The number of aromatic nitrogens is 3. The standard InChI is InChI=1S/C17H18N6OS2/c1-10-6-11(7-20-14(10)24-2)15-21-12(8-25-15)13-9-26-17(22-13)23-16-18-4-3-5-19-16/h6-9H,3-5H2,1-2H3,(H2,18,19,22,23). The monoisotopic (exact) mass is 386 g/mol. The summed E-state index contributed by atoms with van der Waals surface area (Å²) in [5.41, 5.74) is 3.69. The number of guanidine groups is 1. The minimum Gasteiger partial charge on any atom is -0.481 e. The van der Waals surface area contributed by atoms with Gasteiger partial charge in [0, 0.05) is 41.2 Å². The van der Waals surface area contributed by atoms with Gasteiger partial charge in [-0.25, -0.2) is 15.0 Å². The number of nitrogens with zero attached hydrogens (tertiary/aromatic N) is 4. The van der Waals surface area contributed by atoms with E-state index >= 15 is 0 Å². The van der Waals surface area contributed by atoms with Crippen LogP contribution in [0.3, 0.4) is 0 Å². The summed E-state index contributed by atoms with van der Waals surface area (Å²) in [7, 11) is 1.62. The maximum absolute atomic E-state index is 5.22. The van der Waals surface area contributed by atoms with Gasteiger partial charge in [-0.15, -0.1) is 22.7 Å². The number of hydrogen-bond donors (Lipinski definition) is 2. The topological polar surface area (TPSA) is 84.3 Å². The summed E-state index contributed by atoms with van der Waals surface area (Å²) in [6.07, 6.45) is 2.85. The molecule has 4 rings (SSSR count). The van der Waals surface area contributed by atoms with Gasteiger partial charge in [-0.2, -0.15) is 0 Å². The second-order valence-corrected chi connectivity index (χ2v) is 7.48. The molecule has 4 heterocycles. The molecule has 0 bridgehead atoms. The fraction of sp³-hybridized carbons (Fsp3) is 0.294. The zero-order valence-electron chi connectivity index (χ0n) is 14.4. The van der Waals surface area contributed by atoms with Crippen molar-refractivity contribution in [1.82, 2.24) is 20.3 Å². The summed E-state index contributed by atoms with van der Waals surface area (Å²) in [6, 6.07) is 2.04. The Balaban J connectivity index is 1.53. The quantitative estimate of drug-likeness (QED) is 0.715. The lowest BCUT2D eigenvalue weighted by atomic mass is 10.2. The predicted molar refractivity (Wildman–Crippen MR) is 106 cm³/mol. The van der Waals surface area contributed by atoms with Crippen molar-refractivity contribution in [2.75, 3.05) is 25.5 Å². The van der Waals surface area contributed by atoms with Crippen molar-refractivity contribution >= 4 is 33.8 Å². The number of nitrogens with one attached hydrogen (secondary N) is 2. The first-order valence-electron chi connectivity index (χ1n) is 8.21. The van der Waals surface area contributed by atoms with E-state index in [1.165, 1.54) is 0 Å². The van der Waals surface area contributed by atoms with Crippen LogP contribution in [0.2, 0.25) is 0 Å². The molecule has 134 valence electrons. The second-order valence-electron chi connectivity index (χ2n) is 5.76. The first kappa shape index (κ1) is 16.9. The van der Waals surface area contributed by atoms with E-state index in [9.17, 15) is 0 Å². The molecule has 0 radical (unpaired) electrons. The van der Waals surface area contributed by atoms with E-state index in [4.69, 9.17) is 9.72 Å². The Bertz CT molecular complexity index is 948. The smallest absolute Gasteiger partial charge is 0.215 e. The normalized spacial score (nSPS) is 13.8. The molecule has 0 fully saturated rings. The summed E-state index contributed by atoms with van der Waals surface area (Å²) in [5.74, 6) is 1.43. The first-order valence-corrected chi connectivity index (χ1v) is 9.96. The average molecular weight is 387 g/mol. The molecule has 1 aliphatic rings. The van der Waals surface area contributed by atoms with E-state index in [2.05, 4.69) is 25.6 Å². The number of anilines is 1. The van der Waals surface area contributed by atoms with Crippen molar-refractivity contribution in [3.63, 3.8) is 0 Å². The highest BCUT2D eigenvalue weighted by Gasteiger charge is 2.13. The Hall–Kier alpha value is -2.52. The number of aliphatic imine (C=N–C) groups is 1. The molecule has 0 unspecified atom stereocenters. The molecular formula is C17H18N6OS2. The Morgan fingerprint density at radius 2 is 2.04 bits per heavy atom. The van der Waals surface area contributed by atoms with Crippen LogP contribution in [0.25, 0.3) is 22.0 Å². The van der Waals surface area contributed by atoms with Crippen LogP contribution in [0.5, 0.6) is 5.88 Å². The summed E-state index contributed by atoms with van der Waals surface area (Å²) in [5, 5.41) is 12.2. The minimum atomic E-state index is 0.639. The van der Waals surface area contributed by atoms with Gasteiger partial charge >= 0.3 is 0 Å². The van der Waals surface area contributed by atoms with Crippen LogP contribution in [0.4, 0.5) is 5.13 Å². The highest BCUT2D eigenvalue weighted by atomic mass is 32.1. The van der Waals surface area contributed by atoms with Crippen molar-refractivity contribution in [3.05, 3.63) is 28.6 Å². The molecule has 0 aliphatic carbocycles. The average Bonchev–Trinajstić information content (AvgIpc) is 3.32. The third-order valence-electron chi connectivity index (χ3n) is 3.86. The van der Waals surface area contributed by atoms with E-state index < -0.39 is 0 Å². The number of hydrogen-bond acceptors (Lipinski definition) is 9. The number of ether oxygens (including phenoxy) is 1. The molecule has 0 spiro atoms. The fourth-order valence-electron chi connectivity index (χ4n) is 2.58. The van der Waals surface area contributed by atoms with Gasteiger partial charge in [-0.1, -0.05) is 0 Å². The Morgan fingerprint density at radius 3 is 2.81 bits per heavy atom. The summed E-state index contributed by atoms with van der Waals surface area (Å²) in [6.45, 7) is 3.76. The molecule has 3 aromatic heterocycles. The third kappa shape index (κ3) is 3.54. The van der Waals surface area contributed by atoms with E-state index in [1.807, 2.05) is 23.8 Å². The van der Waals surface area contributed by atoms with Crippen molar-refractivity contribution in [1.29, 1.82) is 0 Å². The van der Waals surface area contributed by atoms with E-state index in [-0.39, 0.29) is 0 Å². The lowest BCUT2D eigenvalue weighted by Crippen LogP contribution is -2.35. The largest absolute Gasteiger partial charge is 0.481 e. The zero-order chi connectivity index (χ0) is 17.9. The minimum absolute atomic E-state index is 0.639. The molecule has 0 saturated heterocycles. The van der Waals surface area contributed by atoms with Crippen molar-refractivity contribution < 1.29 is 4.74 Å². The number of aryl methyl sites for hydroxylation is 1. The van der Waals surface area contributed by atoms with Crippen LogP contribution in [-0.4, -0.2) is 41.1 Å². The van der Waals surface area contributed by atoms with Gasteiger partial charge in [0.2, 0.25) is 5.88 Å². The number of methoxy groups -OCH3 is 1. The molecule has 0 atom stereocenters. The maximum Gasteiger partial charge on any atom is 0.215 e. The Kier molecular flexibility index (Phi) is 4.81. The molecular weight excluding hydrogens is 368 g/mol. The molecule has 0 aromatic carbocycles. The number of pyridine rings is 1. The van der Waals surface area contributed by atoms with Gasteiger partial charge in [0.15, 0.2) is 11.1 Å². The lowest BCUT2D eigenvalue weighted by Gasteiger charge is -2.13. The molecule has 1 aliphatic heterocycles. The number of rotatable bonds is 4.